The minimum atomic E-state index is -0.446. The second-order valence-electron chi connectivity index (χ2n) is 8.12. The molecule has 1 aromatic heterocycles. The molecule has 0 spiro atoms. The van der Waals surface area contributed by atoms with E-state index in [4.69, 9.17) is 32.5 Å². The van der Waals surface area contributed by atoms with E-state index < -0.39 is 9.04 Å². The lowest BCUT2D eigenvalue weighted by molar-refractivity contribution is 0.183. The first-order valence-electron chi connectivity index (χ1n) is 10.1. The van der Waals surface area contributed by atoms with Crippen molar-refractivity contribution in [3.05, 3.63) is 39.6 Å². The highest BCUT2D eigenvalue weighted by atomic mass is 35.5. The van der Waals surface area contributed by atoms with Crippen LogP contribution in [-0.4, -0.2) is 30.0 Å². The number of benzene rings is 1. The van der Waals surface area contributed by atoms with Crippen molar-refractivity contribution < 1.29 is 13.5 Å². The summed E-state index contributed by atoms with van der Waals surface area (Å²) < 4.78 is 24.9. The predicted molar refractivity (Wildman–Crippen MR) is 116 cm³/mol. The Kier molecular flexibility index (Phi) is 7.14. The molecule has 29 heavy (non-hydrogen) atoms. The maximum Gasteiger partial charge on any atom is 0.145 e. The van der Waals surface area contributed by atoms with Crippen LogP contribution in [0.25, 0.3) is 11.3 Å². The molecule has 1 unspecified atom stereocenters. The minimum Gasteiger partial charge on any atom is -0.380 e. The van der Waals surface area contributed by atoms with Gasteiger partial charge in [-0.2, -0.15) is 0 Å². The van der Waals surface area contributed by atoms with Crippen molar-refractivity contribution in [1.82, 2.24) is 9.83 Å². The van der Waals surface area contributed by atoms with Gasteiger partial charge in [-0.1, -0.05) is 40.8 Å². The monoisotopic (exact) mass is 458 g/mol. The van der Waals surface area contributed by atoms with Gasteiger partial charge in [-0.15, -0.1) is 0 Å². The first kappa shape index (κ1) is 21.5. The van der Waals surface area contributed by atoms with Crippen LogP contribution in [0.1, 0.15) is 49.3 Å². The van der Waals surface area contributed by atoms with Crippen LogP contribution in [0.4, 0.5) is 4.20 Å². The van der Waals surface area contributed by atoms with E-state index in [9.17, 15) is 4.20 Å². The molecule has 0 N–H and O–H groups in total. The summed E-state index contributed by atoms with van der Waals surface area (Å²) in [5.74, 6) is 3.08. The number of nitrogens with zero attached hydrogens (tertiary/aromatic N) is 2. The summed E-state index contributed by atoms with van der Waals surface area (Å²) in [7, 11) is 1.21. The zero-order valence-electron chi connectivity index (χ0n) is 16.5. The third-order valence-corrected chi connectivity index (χ3v) is 7.33. The molecule has 1 saturated heterocycles. The number of halogens is 3. The number of aromatic nitrogens is 1. The molecule has 3 aliphatic rings. The average molecular weight is 459 g/mol. The molecule has 8 heteroatoms. The average Bonchev–Trinajstić information content (AvgIpc) is 3.13. The molecule has 2 saturated carbocycles. The number of fused-ring (bicyclic) bond motifs is 1. The van der Waals surface area contributed by atoms with Crippen molar-refractivity contribution in [2.45, 2.75) is 44.6 Å². The number of rotatable bonds is 5. The molecule has 2 aromatic rings. The lowest BCUT2D eigenvalue weighted by atomic mass is 10.0. The van der Waals surface area contributed by atoms with Gasteiger partial charge in [0.15, 0.2) is 0 Å². The van der Waals surface area contributed by atoms with E-state index in [0.29, 0.717) is 33.8 Å². The van der Waals surface area contributed by atoms with Crippen molar-refractivity contribution in [3.63, 3.8) is 0 Å². The van der Waals surface area contributed by atoms with E-state index in [2.05, 4.69) is 5.16 Å². The Balaban J connectivity index is 0.000000171. The highest BCUT2D eigenvalue weighted by Gasteiger charge is 2.36. The third-order valence-electron chi connectivity index (χ3n) is 6.10. The Morgan fingerprint density at radius 3 is 2.38 bits per heavy atom. The van der Waals surface area contributed by atoms with Gasteiger partial charge in [-0.3, -0.25) is 4.67 Å². The number of methoxy groups -OCH3 is 1. The second-order valence-corrected chi connectivity index (χ2v) is 9.73. The molecule has 0 radical (unpaired) electrons. The van der Waals surface area contributed by atoms with E-state index in [1.807, 2.05) is 10.7 Å². The third kappa shape index (κ3) is 4.80. The van der Waals surface area contributed by atoms with Gasteiger partial charge in [-0.25, -0.2) is 4.20 Å². The number of hydrogen-bond donors (Lipinski definition) is 0. The Morgan fingerprint density at radius 2 is 1.83 bits per heavy atom. The maximum atomic E-state index is 12.2. The molecule has 3 atom stereocenters. The summed E-state index contributed by atoms with van der Waals surface area (Å²) in [5, 5.41) is 5.30. The first-order valence-corrected chi connectivity index (χ1v) is 11.7. The van der Waals surface area contributed by atoms with Gasteiger partial charge >= 0.3 is 0 Å². The first-order chi connectivity index (χ1) is 14.1. The van der Waals surface area contributed by atoms with Crippen LogP contribution >= 0.6 is 32.2 Å². The van der Waals surface area contributed by atoms with Gasteiger partial charge in [0.1, 0.15) is 20.5 Å². The summed E-state index contributed by atoms with van der Waals surface area (Å²) in [4.78, 5) is 0. The second kappa shape index (κ2) is 9.62. The molecule has 5 rings (SSSR count). The SMILES string of the molecule is COCc1c(-c2c(Cl)cccc2Cl)noc1C1CC1.FPN1C[C@H]2CCC[C@H]2C1. The van der Waals surface area contributed by atoms with Crippen LogP contribution in [0.3, 0.4) is 0 Å². The molecule has 0 amide bonds. The Labute approximate surface area is 183 Å². The molecule has 2 heterocycles. The normalized spacial score (nSPS) is 24.1. The quantitative estimate of drug-likeness (QED) is 0.458. The van der Waals surface area contributed by atoms with Crippen LogP contribution < -0.4 is 0 Å². The largest absolute Gasteiger partial charge is 0.380 e. The van der Waals surface area contributed by atoms with Crippen molar-refractivity contribution in [1.29, 1.82) is 0 Å². The van der Waals surface area contributed by atoms with Crippen LogP contribution in [0.5, 0.6) is 0 Å². The molecular weight excluding hydrogens is 433 g/mol. The molecule has 3 fully saturated rings. The van der Waals surface area contributed by atoms with Crippen molar-refractivity contribution >= 4 is 32.2 Å². The van der Waals surface area contributed by atoms with E-state index in [1.54, 1.807) is 19.2 Å². The van der Waals surface area contributed by atoms with Crippen LogP contribution in [0.15, 0.2) is 22.7 Å². The van der Waals surface area contributed by atoms with Gasteiger partial charge in [0.2, 0.25) is 0 Å². The van der Waals surface area contributed by atoms with E-state index >= 15 is 0 Å². The summed E-state index contributed by atoms with van der Waals surface area (Å²) in [5.41, 5.74) is 2.37. The Bertz CT molecular complexity index is 814. The fourth-order valence-electron chi connectivity index (χ4n) is 4.50. The zero-order valence-corrected chi connectivity index (χ0v) is 19.0. The summed E-state index contributed by atoms with van der Waals surface area (Å²) in [6.07, 6.45) is 6.37. The van der Waals surface area contributed by atoms with Gasteiger partial charge < -0.3 is 9.26 Å². The Hall–Kier alpha value is -0.710. The highest BCUT2D eigenvalue weighted by Crippen LogP contribution is 2.46. The molecule has 0 bridgehead atoms. The Morgan fingerprint density at radius 1 is 1.17 bits per heavy atom. The highest BCUT2D eigenvalue weighted by molar-refractivity contribution is 7.28. The van der Waals surface area contributed by atoms with Crippen LogP contribution in [0.2, 0.25) is 10.0 Å². The zero-order chi connectivity index (χ0) is 20.4. The summed E-state index contributed by atoms with van der Waals surface area (Å²) in [6, 6.07) is 5.40. The molecule has 158 valence electrons. The fourth-order valence-corrected chi connectivity index (χ4v) is 5.68. The lowest BCUT2D eigenvalue weighted by Crippen LogP contribution is -2.09. The fraction of sp³-hybridized carbons (Fsp3) is 0.571. The molecular formula is C21H26Cl2FN2O2P. The topological polar surface area (TPSA) is 38.5 Å². The van der Waals surface area contributed by atoms with E-state index in [0.717, 1.165) is 49.1 Å². The van der Waals surface area contributed by atoms with Crippen molar-refractivity contribution in [3.8, 4) is 11.3 Å². The molecule has 1 aliphatic heterocycles. The van der Waals surface area contributed by atoms with Gasteiger partial charge in [0, 0.05) is 37.2 Å². The summed E-state index contributed by atoms with van der Waals surface area (Å²) >= 11 is 12.5. The predicted octanol–water partition coefficient (Wildman–Crippen LogP) is 6.87. The lowest BCUT2D eigenvalue weighted by Gasteiger charge is -2.08. The van der Waals surface area contributed by atoms with Crippen LogP contribution in [0, 0.1) is 11.8 Å². The van der Waals surface area contributed by atoms with Gasteiger partial charge in [0.05, 0.1) is 16.7 Å². The summed E-state index contributed by atoms with van der Waals surface area (Å²) in [6.45, 7) is 2.53. The smallest absolute Gasteiger partial charge is 0.145 e. The van der Waals surface area contributed by atoms with Crippen LogP contribution in [-0.2, 0) is 11.3 Å². The van der Waals surface area contributed by atoms with E-state index in [-0.39, 0.29) is 0 Å². The van der Waals surface area contributed by atoms with Gasteiger partial charge in [-0.05, 0) is 49.7 Å². The maximum absolute atomic E-state index is 12.2. The van der Waals surface area contributed by atoms with Crippen molar-refractivity contribution in [2.75, 3.05) is 20.2 Å². The molecule has 1 aromatic carbocycles. The standard InChI is InChI=1S/C14H13Cl2NO2.C7H13FNP/c1-18-7-9-13(17-19-14(9)8-5-6-8)12-10(15)3-2-4-11(12)16;8-10-9-4-6-2-1-3-7(6)5-9/h2-4,8H,5-7H2,1H3;6-7,10H,1-5H2/t;6-,7+. The number of ether oxygens (including phenoxy) is 1. The molecule has 4 nitrogen and oxygen atoms in total. The van der Waals surface area contributed by atoms with Gasteiger partial charge in [0.25, 0.3) is 0 Å². The minimum absolute atomic E-state index is 0.446. The number of hydrogen-bond acceptors (Lipinski definition) is 4. The van der Waals surface area contributed by atoms with E-state index in [1.165, 1.54) is 19.3 Å². The molecule has 2 aliphatic carbocycles. The van der Waals surface area contributed by atoms with Crippen molar-refractivity contribution in [2.24, 2.45) is 11.8 Å².